The Morgan fingerprint density at radius 1 is 0.763 bits per heavy atom. The number of benzene rings is 4. The van der Waals surface area contributed by atoms with Crippen molar-refractivity contribution in [2.75, 3.05) is 40.5 Å². The van der Waals surface area contributed by atoms with E-state index in [-0.39, 0.29) is 18.2 Å². The van der Waals surface area contributed by atoms with Crippen molar-refractivity contribution in [3.63, 3.8) is 0 Å². The number of likely N-dealkylation sites (tertiary alicyclic amines) is 1. The highest BCUT2D eigenvalue weighted by Crippen LogP contribution is 2.35. The van der Waals surface area contributed by atoms with Gasteiger partial charge in [0.05, 0.1) is 14.2 Å². The summed E-state index contributed by atoms with van der Waals surface area (Å²) in [6.45, 7) is 3.90. The van der Waals surface area contributed by atoms with Gasteiger partial charge < -0.3 is 14.2 Å². The Morgan fingerprint density at radius 3 is 2.11 bits per heavy atom. The Kier molecular flexibility index (Phi) is 9.27. The van der Waals surface area contributed by atoms with Gasteiger partial charge in [-0.2, -0.15) is 0 Å². The van der Waals surface area contributed by atoms with Gasteiger partial charge in [-0.25, -0.2) is 0 Å². The second-order valence-corrected chi connectivity index (χ2v) is 9.41. The molecule has 0 spiro atoms. The molecule has 5 nitrogen and oxygen atoms in total. The number of methoxy groups -OCH3 is 2. The second kappa shape index (κ2) is 12.8. The highest BCUT2D eigenvalue weighted by atomic mass is 35.5. The number of carbonyl (C=O) groups excluding carboxylic acids is 1. The summed E-state index contributed by atoms with van der Waals surface area (Å²) >= 11 is 0. The number of piperidine rings is 1. The van der Waals surface area contributed by atoms with E-state index in [9.17, 15) is 4.79 Å². The minimum Gasteiger partial charge on any atom is -0.497 e. The second-order valence-electron chi connectivity index (χ2n) is 9.41. The molecule has 0 N–H and O–H groups in total. The Morgan fingerprint density at radius 2 is 1.42 bits per heavy atom. The van der Waals surface area contributed by atoms with E-state index < -0.39 is 0 Å². The largest absolute Gasteiger partial charge is 0.497 e. The van der Waals surface area contributed by atoms with E-state index in [0.29, 0.717) is 17.7 Å². The summed E-state index contributed by atoms with van der Waals surface area (Å²) in [5.41, 5.74) is 3.14. The lowest BCUT2D eigenvalue weighted by molar-refractivity contribution is 0.104. The van der Waals surface area contributed by atoms with Crippen molar-refractivity contribution in [3.8, 4) is 28.4 Å². The van der Waals surface area contributed by atoms with Crippen LogP contribution in [0.25, 0.3) is 21.9 Å². The van der Waals surface area contributed by atoms with Gasteiger partial charge >= 0.3 is 0 Å². The van der Waals surface area contributed by atoms with E-state index >= 15 is 0 Å². The first-order chi connectivity index (χ1) is 18.2. The first-order valence-corrected chi connectivity index (χ1v) is 12.9. The van der Waals surface area contributed by atoms with Crippen molar-refractivity contribution in [1.82, 2.24) is 4.90 Å². The first-order valence-electron chi connectivity index (χ1n) is 12.9. The predicted molar refractivity (Wildman–Crippen MR) is 155 cm³/mol. The zero-order valence-electron chi connectivity index (χ0n) is 21.9. The molecule has 6 heteroatoms. The SMILES string of the molecule is COc1ccc(-c2ccc3cc(OC)ccc3c2C(=O)c2ccc(OCCN3CCCCC3)cc2)cc1.Cl. The molecule has 4 aromatic carbocycles. The summed E-state index contributed by atoms with van der Waals surface area (Å²) in [4.78, 5) is 16.4. The molecular weight excluding hydrogens is 498 g/mol. The minimum atomic E-state index is -0.0264. The van der Waals surface area contributed by atoms with Crippen molar-refractivity contribution >= 4 is 29.0 Å². The molecule has 0 atom stereocenters. The molecule has 0 radical (unpaired) electrons. The van der Waals surface area contributed by atoms with Crippen molar-refractivity contribution < 1.29 is 19.0 Å². The number of carbonyl (C=O) groups is 1. The van der Waals surface area contributed by atoms with Gasteiger partial charge in [0.2, 0.25) is 0 Å². The summed E-state index contributed by atoms with van der Waals surface area (Å²) in [5.74, 6) is 2.29. The van der Waals surface area contributed by atoms with E-state index in [1.807, 2.05) is 78.9 Å². The maximum atomic E-state index is 14.0. The molecule has 198 valence electrons. The summed E-state index contributed by atoms with van der Waals surface area (Å²) in [6, 6.07) is 25.2. The van der Waals surface area contributed by atoms with Crippen LogP contribution in [-0.4, -0.2) is 51.1 Å². The van der Waals surface area contributed by atoms with Gasteiger partial charge in [0, 0.05) is 17.7 Å². The molecule has 0 amide bonds. The molecule has 1 saturated heterocycles. The fourth-order valence-electron chi connectivity index (χ4n) is 5.01. The van der Waals surface area contributed by atoms with Crippen LogP contribution < -0.4 is 14.2 Å². The van der Waals surface area contributed by atoms with E-state index in [4.69, 9.17) is 14.2 Å². The number of hydrogen-bond donors (Lipinski definition) is 0. The van der Waals surface area contributed by atoms with Gasteiger partial charge in [0.1, 0.15) is 23.9 Å². The molecule has 1 fully saturated rings. The standard InChI is InChI=1S/C32H33NO4.ClH/c1-35-26-11-6-23(7-12-26)29-16-10-25-22-28(36-2)15-17-30(25)31(29)32(34)24-8-13-27(14-9-24)37-21-20-33-18-4-3-5-19-33;/h6-17,22H,3-5,18-21H2,1-2H3;1H. The van der Waals surface area contributed by atoms with E-state index in [1.54, 1.807) is 14.2 Å². The molecule has 0 aromatic heterocycles. The number of ketones is 1. The lowest BCUT2D eigenvalue weighted by atomic mass is 9.89. The highest BCUT2D eigenvalue weighted by molar-refractivity contribution is 6.20. The number of fused-ring (bicyclic) bond motifs is 1. The lowest BCUT2D eigenvalue weighted by Gasteiger charge is -2.26. The maximum Gasteiger partial charge on any atom is 0.194 e. The highest BCUT2D eigenvalue weighted by Gasteiger charge is 2.19. The molecule has 38 heavy (non-hydrogen) atoms. The average molecular weight is 532 g/mol. The molecule has 0 unspecified atom stereocenters. The Labute approximate surface area is 230 Å². The van der Waals surface area contributed by atoms with Gasteiger partial charge in [-0.1, -0.05) is 30.7 Å². The number of nitrogens with zero attached hydrogens (tertiary/aromatic N) is 1. The number of ether oxygens (including phenoxy) is 3. The molecule has 0 saturated carbocycles. The van der Waals surface area contributed by atoms with Crippen LogP contribution in [0.1, 0.15) is 35.2 Å². The van der Waals surface area contributed by atoms with Gasteiger partial charge in [-0.05, 0) is 102 Å². The van der Waals surface area contributed by atoms with Gasteiger partial charge in [-0.15, -0.1) is 12.4 Å². The van der Waals surface area contributed by atoms with Crippen molar-refractivity contribution in [2.45, 2.75) is 19.3 Å². The van der Waals surface area contributed by atoms with Crippen molar-refractivity contribution in [3.05, 3.63) is 90.0 Å². The molecule has 0 aliphatic carbocycles. The topological polar surface area (TPSA) is 48.0 Å². The summed E-state index contributed by atoms with van der Waals surface area (Å²) < 4.78 is 16.7. The first kappa shape index (κ1) is 27.5. The van der Waals surface area contributed by atoms with Crippen molar-refractivity contribution in [1.29, 1.82) is 0 Å². The number of rotatable bonds is 9. The fraction of sp³-hybridized carbons (Fsp3) is 0.281. The number of halogens is 1. The average Bonchev–Trinajstić information content (AvgIpc) is 2.97. The lowest BCUT2D eigenvalue weighted by Crippen LogP contribution is -2.33. The van der Waals surface area contributed by atoms with Gasteiger partial charge in [0.25, 0.3) is 0 Å². The van der Waals surface area contributed by atoms with Gasteiger partial charge in [-0.3, -0.25) is 9.69 Å². The molecule has 5 rings (SSSR count). The molecule has 0 bridgehead atoms. The quantitative estimate of drug-likeness (QED) is 0.217. The molecule has 1 aliphatic heterocycles. The van der Waals surface area contributed by atoms with Crippen LogP contribution in [0.15, 0.2) is 78.9 Å². The maximum absolute atomic E-state index is 14.0. The normalized spacial score (nSPS) is 13.5. The van der Waals surface area contributed by atoms with E-state index in [0.717, 1.165) is 58.8 Å². The predicted octanol–water partition coefficient (Wildman–Crippen LogP) is 7.04. The summed E-state index contributed by atoms with van der Waals surface area (Å²) in [5, 5.41) is 1.85. The third kappa shape index (κ3) is 6.12. The van der Waals surface area contributed by atoms with Crippen LogP contribution in [0.4, 0.5) is 0 Å². The van der Waals surface area contributed by atoms with Crippen LogP contribution in [-0.2, 0) is 0 Å². The van der Waals surface area contributed by atoms with Crippen molar-refractivity contribution in [2.24, 2.45) is 0 Å². The summed E-state index contributed by atoms with van der Waals surface area (Å²) in [7, 11) is 3.30. The fourth-order valence-corrected chi connectivity index (χ4v) is 5.01. The monoisotopic (exact) mass is 531 g/mol. The van der Waals surface area contributed by atoms with E-state index in [2.05, 4.69) is 4.90 Å². The zero-order valence-corrected chi connectivity index (χ0v) is 22.8. The van der Waals surface area contributed by atoms with Crippen LogP contribution in [0.3, 0.4) is 0 Å². The third-order valence-electron chi connectivity index (χ3n) is 7.10. The van der Waals surface area contributed by atoms with Crippen LogP contribution in [0, 0.1) is 0 Å². The Bertz CT molecular complexity index is 1360. The Hall–Kier alpha value is -3.54. The zero-order chi connectivity index (χ0) is 25.6. The smallest absolute Gasteiger partial charge is 0.194 e. The summed E-state index contributed by atoms with van der Waals surface area (Å²) in [6.07, 6.45) is 3.88. The molecule has 1 heterocycles. The molecule has 4 aromatic rings. The van der Waals surface area contributed by atoms with E-state index in [1.165, 1.54) is 19.3 Å². The Balaban J connectivity index is 0.00000336. The van der Waals surface area contributed by atoms with Crippen LogP contribution >= 0.6 is 12.4 Å². The molecular formula is C32H34ClNO4. The minimum absolute atomic E-state index is 0. The van der Waals surface area contributed by atoms with Crippen LogP contribution in [0.5, 0.6) is 17.2 Å². The third-order valence-corrected chi connectivity index (χ3v) is 7.10. The van der Waals surface area contributed by atoms with Crippen LogP contribution in [0.2, 0.25) is 0 Å². The van der Waals surface area contributed by atoms with Gasteiger partial charge in [0.15, 0.2) is 5.78 Å². The number of hydrogen-bond acceptors (Lipinski definition) is 5. The molecule has 1 aliphatic rings.